The summed E-state index contributed by atoms with van der Waals surface area (Å²) in [6.07, 6.45) is 0.849. The molecule has 0 spiro atoms. The van der Waals surface area contributed by atoms with Gasteiger partial charge in [0.25, 0.3) is 11.7 Å². The fraction of sp³-hybridized carbons (Fsp3) is 0.214. The molecule has 3 aromatic rings. The molecule has 174 valence electrons. The van der Waals surface area contributed by atoms with Gasteiger partial charge in [0.05, 0.1) is 18.2 Å². The number of amides is 1. The van der Waals surface area contributed by atoms with Gasteiger partial charge in [-0.05, 0) is 48.4 Å². The van der Waals surface area contributed by atoms with Crippen LogP contribution in [0.5, 0.6) is 5.75 Å². The summed E-state index contributed by atoms with van der Waals surface area (Å²) in [5.74, 6) is -1.02. The van der Waals surface area contributed by atoms with E-state index < -0.39 is 17.7 Å². The highest BCUT2D eigenvalue weighted by Crippen LogP contribution is 2.42. The number of aliphatic hydroxyl groups is 1. The van der Waals surface area contributed by atoms with Crippen LogP contribution in [0.3, 0.4) is 0 Å². The number of carbonyl (C=O) groups excluding carboxylic acids is 2. The maximum absolute atomic E-state index is 13.3. The second-order valence-electron chi connectivity index (χ2n) is 8.37. The quantitative estimate of drug-likeness (QED) is 0.302. The van der Waals surface area contributed by atoms with Crippen molar-refractivity contribution >= 4 is 28.8 Å². The molecule has 0 aromatic heterocycles. The van der Waals surface area contributed by atoms with E-state index in [1.54, 1.807) is 24.3 Å². The minimum Gasteiger partial charge on any atom is -0.507 e. The highest BCUT2D eigenvalue weighted by Gasteiger charge is 2.46. The lowest BCUT2D eigenvalue weighted by atomic mass is 9.95. The van der Waals surface area contributed by atoms with Crippen LogP contribution in [0, 0.1) is 0 Å². The van der Waals surface area contributed by atoms with Crippen LogP contribution < -0.4 is 14.5 Å². The fourth-order valence-electron chi connectivity index (χ4n) is 4.07. The van der Waals surface area contributed by atoms with Crippen molar-refractivity contribution in [2.45, 2.75) is 19.4 Å². The standard InChI is InChI=1S/C28H28N2O4/c1-4-17-34-23-12-8-11-20(18-23)26(31)24-25(19-9-6-5-7-10-19)30(28(33)27(24)32)22-15-13-21(14-16-22)29(2)3/h5-16,18,25,31H,4,17H2,1-3H3/b26-24+. The molecule has 1 fully saturated rings. The minimum absolute atomic E-state index is 0.0560. The first-order valence-electron chi connectivity index (χ1n) is 11.3. The molecule has 1 unspecified atom stereocenters. The number of benzene rings is 3. The van der Waals surface area contributed by atoms with Gasteiger partial charge in [0.1, 0.15) is 11.5 Å². The molecular formula is C28H28N2O4. The van der Waals surface area contributed by atoms with E-state index >= 15 is 0 Å². The largest absolute Gasteiger partial charge is 0.507 e. The summed E-state index contributed by atoms with van der Waals surface area (Å²) in [5, 5.41) is 11.3. The molecule has 1 heterocycles. The average Bonchev–Trinajstić information content (AvgIpc) is 3.13. The van der Waals surface area contributed by atoms with Gasteiger partial charge in [-0.2, -0.15) is 0 Å². The first kappa shape index (κ1) is 23.1. The van der Waals surface area contributed by atoms with Gasteiger partial charge < -0.3 is 14.7 Å². The molecule has 1 N–H and O–H groups in total. The maximum Gasteiger partial charge on any atom is 0.300 e. The highest BCUT2D eigenvalue weighted by atomic mass is 16.5. The highest BCUT2D eigenvalue weighted by molar-refractivity contribution is 6.51. The Kier molecular flexibility index (Phi) is 6.68. The number of ether oxygens (including phenoxy) is 1. The Hall–Kier alpha value is -4.06. The van der Waals surface area contributed by atoms with Gasteiger partial charge in [0, 0.05) is 31.0 Å². The van der Waals surface area contributed by atoms with Crippen LogP contribution >= 0.6 is 0 Å². The summed E-state index contributed by atoms with van der Waals surface area (Å²) in [6.45, 7) is 2.55. The molecule has 1 amide bonds. The van der Waals surface area contributed by atoms with Gasteiger partial charge >= 0.3 is 0 Å². The molecule has 0 saturated carbocycles. The number of nitrogens with zero attached hydrogens (tertiary/aromatic N) is 2. The number of ketones is 1. The van der Waals surface area contributed by atoms with E-state index in [1.807, 2.05) is 80.5 Å². The molecule has 1 saturated heterocycles. The number of carbonyl (C=O) groups is 2. The lowest BCUT2D eigenvalue weighted by Gasteiger charge is -2.26. The van der Waals surface area contributed by atoms with E-state index in [2.05, 4.69) is 0 Å². The van der Waals surface area contributed by atoms with Crippen LogP contribution in [0.2, 0.25) is 0 Å². The van der Waals surface area contributed by atoms with Crippen LogP contribution in [0.15, 0.2) is 84.4 Å². The third-order valence-electron chi connectivity index (χ3n) is 5.78. The predicted molar refractivity (Wildman–Crippen MR) is 134 cm³/mol. The molecule has 1 atom stereocenters. The van der Waals surface area contributed by atoms with Crippen molar-refractivity contribution in [3.63, 3.8) is 0 Å². The number of Topliss-reactive ketones (excluding diaryl/α,β-unsaturated/α-hetero) is 1. The molecule has 6 heteroatoms. The Morgan fingerprint density at radius 1 is 0.971 bits per heavy atom. The summed E-state index contributed by atoms with van der Waals surface area (Å²) in [5.41, 5.74) is 2.77. The lowest BCUT2D eigenvalue weighted by Crippen LogP contribution is -2.29. The van der Waals surface area contributed by atoms with Crippen LogP contribution in [0.4, 0.5) is 11.4 Å². The maximum atomic E-state index is 13.3. The number of rotatable bonds is 7. The average molecular weight is 457 g/mol. The first-order chi connectivity index (χ1) is 16.4. The molecule has 34 heavy (non-hydrogen) atoms. The Morgan fingerprint density at radius 3 is 2.32 bits per heavy atom. The third kappa shape index (κ3) is 4.39. The number of aliphatic hydroxyl groups excluding tert-OH is 1. The zero-order chi connectivity index (χ0) is 24.2. The molecule has 0 bridgehead atoms. The zero-order valence-electron chi connectivity index (χ0n) is 19.6. The summed E-state index contributed by atoms with van der Waals surface area (Å²) >= 11 is 0. The summed E-state index contributed by atoms with van der Waals surface area (Å²) in [6, 6.07) is 22.9. The first-order valence-corrected chi connectivity index (χ1v) is 11.3. The monoisotopic (exact) mass is 456 g/mol. The molecule has 1 aliphatic heterocycles. The van der Waals surface area contributed by atoms with Crippen molar-refractivity contribution in [2.75, 3.05) is 30.5 Å². The third-order valence-corrected chi connectivity index (χ3v) is 5.78. The van der Waals surface area contributed by atoms with Gasteiger partial charge in [-0.15, -0.1) is 0 Å². The number of hydrogen-bond donors (Lipinski definition) is 1. The van der Waals surface area contributed by atoms with Crippen molar-refractivity contribution in [1.29, 1.82) is 0 Å². The van der Waals surface area contributed by atoms with Crippen molar-refractivity contribution in [3.8, 4) is 5.75 Å². The summed E-state index contributed by atoms with van der Waals surface area (Å²) in [7, 11) is 3.87. The molecule has 6 nitrogen and oxygen atoms in total. The Morgan fingerprint density at radius 2 is 1.68 bits per heavy atom. The van der Waals surface area contributed by atoms with Crippen molar-refractivity contribution in [3.05, 3.63) is 95.6 Å². The Balaban J connectivity index is 1.85. The van der Waals surface area contributed by atoms with Crippen molar-refractivity contribution in [2.24, 2.45) is 0 Å². The van der Waals surface area contributed by atoms with E-state index in [0.29, 0.717) is 23.6 Å². The smallest absolute Gasteiger partial charge is 0.300 e. The topological polar surface area (TPSA) is 70.1 Å². The van der Waals surface area contributed by atoms with E-state index in [-0.39, 0.29) is 11.3 Å². The van der Waals surface area contributed by atoms with Crippen LogP contribution in [0.1, 0.15) is 30.5 Å². The van der Waals surface area contributed by atoms with Gasteiger partial charge in [-0.1, -0.05) is 49.4 Å². The molecule has 4 rings (SSSR count). The van der Waals surface area contributed by atoms with Crippen molar-refractivity contribution in [1.82, 2.24) is 0 Å². The van der Waals surface area contributed by atoms with Gasteiger partial charge in [0.2, 0.25) is 0 Å². The van der Waals surface area contributed by atoms with Crippen LogP contribution in [-0.2, 0) is 9.59 Å². The molecule has 0 aliphatic carbocycles. The van der Waals surface area contributed by atoms with E-state index in [9.17, 15) is 14.7 Å². The van der Waals surface area contributed by atoms with Crippen molar-refractivity contribution < 1.29 is 19.4 Å². The number of hydrogen-bond acceptors (Lipinski definition) is 5. The molecule has 1 aliphatic rings. The Labute approximate surface area is 199 Å². The van der Waals surface area contributed by atoms with E-state index in [0.717, 1.165) is 17.7 Å². The van der Waals surface area contributed by atoms with Crippen LogP contribution in [0.25, 0.3) is 5.76 Å². The normalized spacial score (nSPS) is 17.1. The van der Waals surface area contributed by atoms with E-state index in [4.69, 9.17) is 4.74 Å². The fourth-order valence-corrected chi connectivity index (χ4v) is 4.07. The Bertz CT molecular complexity index is 1220. The molecule has 3 aromatic carbocycles. The second kappa shape index (κ2) is 9.83. The zero-order valence-corrected chi connectivity index (χ0v) is 19.6. The predicted octanol–water partition coefficient (Wildman–Crippen LogP) is 5.17. The summed E-state index contributed by atoms with van der Waals surface area (Å²) in [4.78, 5) is 29.9. The molecular weight excluding hydrogens is 428 g/mol. The second-order valence-corrected chi connectivity index (χ2v) is 8.37. The van der Waals surface area contributed by atoms with Crippen LogP contribution in [-0.4, -0.2) is 37.5 Å². The van der Waals surface area contributed by atoms with Gasteiger partial charge in [0.15, 0.2) is 0 Å². The summed E-state index contributed by atoms with van der Waals surface area (Å²) < 4.78 is 5.69. The molecule has 0 radical (unpaired) electrons. The minimum atomic E-state index is -0.758. The lowest BCUT2D eigenvalue weighted by molar-refractivity contribution is -0.132. The van der Waals surface area contributed by atoms with E-state index in [1.165, 1.54) is 4.90 Å². The SMILES string of the molecule is CCCOc1cccc(/C(O)=C2\C(=O)C(=O)N(c3ccc(N(C)C)cc3)C2c2ccccc2)c1. The number of anilines is 2. The van der Waals surface area contributed by atoms with Gasteiger partial charge in [-0.25, -0.2) is 0 Å². The van der Waals surface area contributed by atoms with Gasteiger partial charge in [-0.3, -0.25) is 14.5 Å².